The Balaban J connectivity index is 2.46. The third kappa shape index (κ3) is 5.07. The largest absolute Gasteiger partial charge is 0.494 e. The van der Waals surface area contributed by atoms with Gasteiger partial charge in [-0.2, -0.15) is 0 Å². The second-order valence-electron chi connectivity index (χ2n) is 4.78. The third-order valence-electron chi connectivity index (χ3n) is 3.17. The summed E-state index contributed by atoms with van der Waals surface area (Å²) in [5, 5.41) is 0. The van der Waals surface area contributed by atoms with E-state index in [0.29, 0.717) is 12.5 Å². The summed E-state index contributed by atoms with van der Waals surface area (Å²) >= 11 is 0. The van der Waals surface area contributed by atoms with Crippen LogP contribution in [0.3, 0.4) is 0 Å². The van der Waals surface area contributed by atoms with Gasteiger partial charge in [-0.3, -0.25) is 0 Å². The monoisotopic (exact) mass is 250 g/mol. The molecule has 1 aromatic carbocycles. The van der Waals surface area contributed by atoms with Crippen LogP contribution in [0, 0.1) is 5.92 Å². The molecule has 18 heavy (non-hydrogen) atoms. The van der Waals surface area contributed by atoms with Gasteiger partial charge in [-0.15, -0.1) is 0 Å². The lowest BCUT2D eigenvalue weighted by atomic mass is 10.1. The number of hydrogen-bond acceptors (Lipinski definition) is 3. The first kappa shape index (κ1) is 15.0. The first-order valence-electron chi connectivity index (χ1n) is 6.79. The van der Waals surface area contributed by atoms with Crippen molar-refractivity contribution in [3.63, 3.8) is 0 Å². The zero-order chi connectivity index (χ0) is 13.4. The molecule has 0 spiro atoms. The minimum Gasteiger partial charge on any atom is -0.494 e. The molecule has 1 atom stereocenters. The van der Waals surface area contributed by atoms with E-state index >= 15 is 0 Å². The topological polar surface area (TPSA) is 38.5 Å². The number of rotatable bonds is 8. The number of benzene rings is 1. The van der Waals surface area contributed by atoms with E-state index in [2.05, 4.69) is 31.0 Å². The number of nitrogens with two attached hydrogens (primary N) is 1. The first-order chi connectivity index (χ1) is 8.69. The maximum atomic E-state index is 5.73. The molecule has 1 aromatic rings. The molecule has 0 aliphatic rings. The average Bonchev–Trinajstić information content (AvgIpc) is 2.38. The summed E-state index contributed by atoms with van der Waals surface area (Å²) in [7, 11) is 2.15. The Labute approximate surface area is 111 Å². The molecule has 2 N–H and O–H groups in total. The van der Waals surface area contributed by atoms with Gasteiger partial charge in [0, 0.05) is 13.1 Å². The highest BCUT2D eigenvalue weighted by Gasteiger charge is 2.08. The lowest BCUT2D eigenvalue weighted by Gasteiger charge is -2.22. The van der Waals surface area contributed by atoms with E-state index in [1.807, 2.05) is 19.1 Å². The van der Waals surface area contributed by atoms with Crippen molar-refractivity contribution in [3.8, 4) is 5.75 Å². The molecule has 0 aromatic heterocycles. The van der Waals surface area contributed by atoms with Crippen molar-refractivity contribution < 1.29 is 4.74 Å². The standard InChI is InChI=1S/C15H26N2O/c1-4-13(10-16)11-17(3)12-14-6-8-15(9-7-14)18-5-2/h6-9,13H,4-5,10-12,16H2,1-3H3. The highest BCUT2D eigenvalue weighted by atomic mass is 16.5. The molecule has 0 radical (unpaired) electrons. The minimum absolute atomic E-state index is 0.595. The molecule has 0 fully saturated rings. The van der Waals surface area contributed by atoms with E-state index in [1.165, 1.54) is 5.56 Å². The smallest absolute Gasteiger partial charge is 0.119 e. The summed E-state index contributed by atoms with van der Waals surface area (Å²) in [6, 6.07) is 8.33. The van der Waals surface area contributed by atoms with Crippen LogP contribution < -0.4 is 10.5 Å². The zero-order valence-corrected chi connectivity index (χ0v) is 11.9. The van der Waals surface area contributed by atoms with Crippen LogP contribution in [0.5, 0.6) is 5.75 Å². The Morgan fingerprint density at radius 1 is 1.22 bits per heavy atom. The van der Waals surface area contributed by atoms with Gasteiger partial charge in [0.25, 0.3) is 0 Å². The van der Waals surface area contributed by atoms with Crippen LogP contribution in [-0.4, -0.2) is 31.6 Å². The fraction of sp³-hybridized carbons (Fsp3) is 0.600. The van der Waals surface area contributed by atoms with Crippen molar-refractivity contribution in [1.82, 2.24) is 4.90 Å². The van der Waals surface area contributed by atoms with E-state index in [9.17, 15) is 0 Å². The maximum absolute atomic E-state index is 5.73. The van der Waals surface area contributed by atoms with Crippen LogP contribution in [0.15, 0.2) is 24.3 Å². The van der Waals surface area contributed by atoms with Crippen molar-refractivity contribution in [1.29, 1.82) is 0 Å². The van der Waals surface area contributed by atoms with Crippen molar-refractivity contribution in [2.45, 2.75) is 26.8 Å². The van der Waals surface area contributed by atoms with E-state index in [1.54, 1.807) is 0 Å². The van der Waals surface area contributed by atoms with Gasteiger partial charge in [0.15, 0.2) is 0 Å². The number of ether oxygens (including phenoxy) is 1. The fourth-order valence-corrected chi connectivity index (χ4v) is 2.05. The van der Waals surface area contributed by atoms with E-state index in [4.69, 9.17) is 10.5 Å². The summed E-state index contributed by atoms with van der Waals surface area (Å²) in [5.74, 6) is 1.54. The van der Waals surface area contributed by atoms with Crippen molar-refractivity contribution in [3.05, 3.63) is 29.8 Å². The lowest BCUT2D eigenvalue weighted by Crippen LogP contribution is -2.29. The van der Waals surface area contributed by atoms with Crippen molar-refractivity contribution >= 4 is 0 Å². The summed E-state index contributed by atoms with van der Waals surface area (Å²) < 4.78 is 5.44. The Bertz CT molecular complexity index is 320. The average molecular weight is 250 g/mol. The molecule has 3 heteroatoms. The molecule has 3 nitrogen and oxygen atoms in total. The van der Waals surface area contributed by atoms with Crippen molar-refractivity contribution in [2.75, 3.05) is 26.7 Å². The number of nitrogens with zero attached hydrogens (tertiary/aromatic N) is 1. The second-order valence-corrected chi connectivity index (χ2v) is 4.78. The minimum atomic E-state index is 0.595. The molecule has 0 saturated heterocycles. The lowest BCUT2D eigenvalue weighted by molar-refractivity contribution is 0.267. The summed E-state index contributed by atoms with van der Waals surface area (Å²) in [4.78, 5) is 2.33. The van der Waals surface area contributed by atoms with Crippen LogP contribution in [0.4, 0.5) is 0 Å². The summed E-state index contributed by atoms with van der Waals surface area (Å²) in [5.41, 5.74) is 7.05. The summed E-state index contributed by atoms with van der Waals surface area (Å²) in [6.45, 7) is 7.70. The molecule has 0 amide bonds. The molecule has 0 aliphatic heterocycles. The predicted molar refractivity (Wildman–Crippen MR) is 76.8 cm³/mol. The normalized spacial score (nSPS) is 12.7. The van der Waals surface area contributed by atoms with Crippen LogP contribution in [0.2, 0.25) is 0 Å². The van der Waals surface area contributed by atoms with Crippen LogP contribution >= 0.6 is 0 Å². The maximum Gasteiger partial charge on any atom is 0.119 e. The van der Waals surface area contributed by atoms with Gasteiger partial charge in [0.2, 0.25) is 0 Å². The van der Waals surface area contributed by atoms with Gasteiger partial charge in [-0.05, 0) is 44.1 Å². The van der Waals surface area contributed by atoms with Gasteiger partial charge < -0.3 is 15.4 Å². The molecule has 0 heterocycles. The molecule has 1 rings (SSSR count). The fourth-order valence-electron chi connectivity index (χ4n) is 2.05. The molecule has 102 valence electrons. The van der Waals surface area contributed by atoms with Gasteiger partial charge in [-0.1, -0.05) is 25.5 Å². The van der Waals surface area contributed by atoms with Crippen molar-refractivity contribution in [2.24, 2.45) is 11.7 Å². The van der Waals surface area contributed by atoms with E-state index in [-0.39, 0.29) is 0 Å². The SMILES string of the molecule is CCOc1ccc(CN(C)CC(CC)CN)cc1. The molecule has 0 saturated carbocycles. The molecule has 1 unspecified atom stereocenters. The molecular weight excluding hydrogens is 224 g/mol. The zero-order valence-electron chi connectivity index (χ0n) is 11.9. The Hall–Kier alpha value is -1.06. The Kier molecular flexibility index (Phi) is 6.76. The predicted octanol–water partition coefficient (Wildman–Crippen LogP) is 2.50. The second kappa shape index (κ2) is 8.11. The molecular formula is C15H26N2O. The third-order valence-corrected chi connectivity index (χ3v) is 3.17. The summed E-state index contributed by atoms with van der Waals surface area (Å²) in [6.07, 6.45) is 1.14. The Morgan fingerprint density at radius 3 is 2.39 bits per heavy atom. The highest BCUT2D eigenvalue weighted by Crippen LogP contribution is 2.14. The quantitative estimate of drug-likeness (QED) is 0.770. The molecule has 0 aliphatic carbocycles. The van der Waals surface area contributed by atoms with Gasteiger partial charge in [0.1, 0.15) is 5.75 Å². The van der Waals surface area contributed by atoms with E-state index in [0.717, 1.165) is 31.8 Å². The number of hydrogen-bond donors (Lipinski definition) is 1. The van der Waals surface area contributed by atoms with E-state index < -0.39 is 0 Å². The van der Waals surface area contributed by atoms with Gasteiger partial charge >= 0.3 is 0 Å². The van der Waals surface area contributed by atoms with Crippen LogP contribution in [0.25, 0.3) is 0 Å². The highest BCUT2D eigenvalue weighted by molar-refractivity contribution is 5.27. The molecule has 0 bridgehead atoms. The Morgan fingerprint density at radius 2 is 1.89 bits per heavy atom. The van der Waals surface area contributed by atoms with Gasteiger partial charge in [0.05, 0.1) is 6.61 Å². The van der Waals surface area contributed by atoms with Gasteiger partial charge in [-0.25, -0.2) is 0 Å². The van der Waals surface area contributed by atoms with Crippen LogP contribution in [0.1, 0.15) is 25.8 Å². The van der Waals surface area contributed by atoms with Crippen LogP contribution in [-0.2, 0) is 6.54 Å². The first-order valence-corrected chi connectivity index (χ1v) is 6.79.